The molecular formula is C14H18N2O2. The van der Waals surface area contributed by atoms with Crippen LogP contribution in [0.2, 0.25) is 0 Å². The number of nitrogens with zero attached hydrogens (tertiary/aromatic N) is 2. The second-order valence-corrected chi connectivity index (χ2v) is 4.14. The first kappa shape index (κ1) is 12.8. The Morgan fingerprint density at radius 1 is 1.28 bits per heavy atom. The molecule has 2 rings (SSSR count). The van der Waals surface area contributed by atoms with Crippen LogP contribution >= 0.6 is 0 Å². The van der Waals surface area contributed by atoms with Crippen LogP contribution in [0.4, 0.5) is 0 Å². The summed E-state index contributed by atoms with van der Waals surface area (Å²) in [5, 5.41) is 13.0. The highest BCUT2D eigenvalue weighted by Gasteiger charge is 2.09. The van der Waals surface area contributed by atoms with Gasteiger partial charge >= 0.3 is 0 Å². The third-order valence-electron chi connectivity index (χ3n) is 2.87. The second-order valence-electron chi connectivity index (χ2n) is 4.14. The lowest BCUT2D eigenvalue weighted by molar-refractivity contribution is 0.193. The molecule has 18 heavy (non-hydrogen) atoms. The Balaban J connectivity index is 2.06. The topological polar surface area (TPSA) is 49.5 Å². The Hall–Kier alpha value is -1.65. The predicted molar refractivity (Wildman–Crippen MR) is 70.0 cm³/mol. The summed E-state index contributed by atoms with van der Waals surface area (Å²) in [7, 11) is 0. The van der Waals surface area contributed by atoms with Gasteiger partial charge in [0.2, 0.25) is 0 Å². The Labute approximate surface area is 107 Å². The van der Waals surface area contributed by atoms with Crippen molar-refractivity contribution >= 4 is 0 Å². The molecule has 0 bridgehead atoms. The number of rotatable bonds is 6. The fourth-order valence-electron chi connectivity index (χ4n) is 1.84. The Kier molecular flexibility index (Phi) is 4.50. The van der Waals surface area contributed by atoms with Gasteiger partial charge in [-0.1, -0.05) is 42.4 Å². The van der Waals surface area contributed by atoms with Crippen molar-refractivity contribution in [3.8, 4) is 11.3 Å². The number of aromatic nitrogens is 1. The molecule has 0 spiro atoms. The fourth-order valence-corrected chi connectivity index (χ4v) is 1.84. The van der Waals surface area contributed by atoms with Gasteiger partial charge < -0.3 is 9.63 Å². The van der Waals surface area contributed by atoms with Crippen molar-refractivity contribution in [3.63, 3.8) is 0 Å². The third-order valence-corrected chi connectivity index (χ3v) is 2.87. The summed E-state index contributed by atoms with van der Waals surface area (Å²) < 4.78 is 5.34. The van der Waals surface area contributed by atoms with Crippen molar-refractivity contribution in [1.29, 1.82) is 0 Å². The van der Waals surface area contributed by atoms with Crippen LogP contribution in [0.15, 0.2) is 40.9 Å². The molecule has 1 N–H and O–H groups in total. The smallest absolute Gasteiger partial charge is 0.167 e. The summed E-state index contributed by atoms with van der Waals surface area (Å²) in [5.74, 6) is 0.783. The van der Waals surface area contributed by atoms with Crippen molar-refractivity contribution in [1.82, 2.24) is 10.1 Å². The molecule has 0 fully saturated rings. The van der Waals surface area contributed by atoms with E-state index in [4.69, 9.17) is 9.63 Å². The van der Waals surface area contributed by atoms with Crippen LogP contribution in [0.1, 0.15) is 12.6 Å². The molecule has 0 aliphatic carbocycles. The van der Waals surface area contributed by atoms with Gasteiger partial charge in [0.1, 0.15) is 0 Å². The first-order valence-corrected chi connectivity index (χ1v) is 6.17. The summed E-state index contributed by atoms with van der Waals surface area (Å²) in [6.45, 7) is 4.47. The molecule has 1 aromatic carbocycles. The van der Waals surface area contributed by atoms with E-state index in [0.29, 0.717) is 13.1 Å². The summed E-state index contributed by atoms with van der Waals surface area (Å²) in [4.78, 5) is 2.12. The molecule has 1 heterocycles. The van der Waals surface area contributed by atoms with E-state index in [1.54, 1.807) is 0 Å². The van der Waals surface area contributed by atoms with E-state index in [0.717, 1.165) is 23.6 Å². The number of likely N-dealkylation sites (N-methyl/N-ethyl adjacent to an activating group) is 1. The highest BCUT2D eigenvalue weighted by Crippen LogP contribution is 2.20. The van der Waals surface area contributed by atoms with E-state index >= 15 is 0 Å². The van der Waals surface area contributed by atoms with Gasteiger partial charge in [-0.3, -0.25) is 4.90 Å². The van der Waals surface area contributed by atoms with Crippen molar-refractivity contribution < 1.29 is 9.63 Å². The number of benzene rings is 1. The molecule has 4 nitrogen and oxygen atoms in total. The second kappa shape index (κ2) is 6.33. The van der Waals surface area contributed by atoms with E-state index in [1.165, 1.54) is 0 Å². The molecule has 96 valence electrons. The molecular weight excluding hydrogens is 228 g/mol. The average molecular weight is 246 g/mol. The van der Waals surface area contributed by atoms with Gasteiger partial charge in [0.15, 0.2) is 5.76 Å². The van der Waals surface area contributed by atoms with Crippen LogP contribution in [0.3, 0.4) is 0 Å². The fraction of sp³-hybridized carbons (Fsp3) is 0.357. The molecule has 0 aliphatic heterocycles. The minimum Gasteiger partial charge on any atom is -0.395 e. The van der Waals surface area contributed by atoms with E-state index < -0.39 is 0 Å². The van der Waals surface area contributed by atoms with Crippen molar-refractivity contribution in [2.75, 3.05) is 19.7 Å². The van der Waals surface area contributed by atoms with Crippen molar-refractivity contribution in [2.45, 2.75) is 13.5 Å². The monoisotopic (exact) mass is 246 g/mol. The number of aliphatic hydroxyl groups excluding tert-OH is 1. The summed E-state index contributed by atoms with van der Waals surface area (Å²) >= 11 is 0. The van der Waals surface area contributed by atoms with Crippen LogP contribution in [-0.2, 0) is 6.54 Å². The zero-order valence-electron chi connectivity index (χ0n) is 10.5. The minimum atomic E-state index is 0.164. The number of aliphatic hydroxyl groups is 1. The molecule has 0 amide bonds. The van der Waals surface area contributed by atoms with Crippen LogP contribution in [0, 0.1) is 0 Å². The lowest BCUT2D eigenvalue weighted by atomic mass is 10.1. The van der Waals surface area contributed by atoms with Gasteiger partial charge in [-0.2, -0.15) is 0 Å². The maximum atomic E-state index is 8.94. The molecule has 0 radical (unpaired) electrons. The predicted octanol–water partition coefficient (Wildman–Crippen LogP) is 2.16. The van der Waals surface area contributed by atoms with Crippen LogP contribution < -0.4 is 0 Å². The van der Waals surface area contributed by atoms with Gasteiger partial charge in [0.05, 0.1) is 12.3 Å². The maximum Gasteiger partial charge on any atom is 0.167 e. The first-order chi connectivity index (χ1) is 8.83. The van der Waals surface area contributed by atoms with E-state index in [-0.39, 0.29) is 6.61 Å². The summed E-state index contributed by atoms with van der Waals surface area (Å²) in [5.41, 5.74) is 1.92. The molecule has 1 aromatic heterocycles. The Morgan fingerprint density at radius 2 is 2.06 bits per heavy atom. The molecule has 0 atom stereocenters. The minimum absolute atomic E-state index is 0.164. The van der Waals surface area contributed by atoms with Crippen LogP contribution in [0.5, 0.6) is 0 Å². The lowest BCUT2D eigenvalue weighted by Crippen LogP contribution is -2.26. The number of hydrogen-bond acceptors (Lipinski definition) is 4. The van der Waals surface area contributed by atoms with Gasteiger partial charge in [-0.15, -0.1) is 0 Å². The van der Waals surface area contributed by atoms with Gasteiger partial charge in [-0.25, -0.2) is 0 Å². The zero-order valence-corrected chi connectivity index (χ0v) is 10.5. The molecule has 4 heteroatoms. The van der Waals surface area contributed by atoms with Crippen molar-refractivity contribution in [3.05, 3.63) is 42.1 Å². The third kappa shape index (κ3) is 3.18. The lowest BCUT2D eigenvalue weighted by Gasteiger charge is -2.16. The molecule has 0 aliphatic rings. The standard InChI is InChI=1S/C14H18N2O2/c1-2-16(8-9-17)11-13-10-14(18-15-13)12-6-4-3-5-7-12/h3-7,10,17H,2,8-9,11H2,1H3. The Morgan fingerprint density at radius 3 is 2.72 bits per heavy atom. The van der Waals surface area contributed by atoms with Crippen LogP contribution in [0.25, 0.3) is 11.3 Å². The SMILES string of the molecule is CCN(CCO)Cc1cc(-c2ccccc2)on1. The van der Waals surface area contributed by atoms with E-state index in [9.17, 15) is 0 Å². The van der Waals surface area contributed by atoms with E-state index in [1.807, 2.05) is 36.4 Å². The van der Waals surface area contributed by atoms with Gasteiger partial charge in [0.25, 0.3) is 0 Å². The molecule has 0 unspecified atom stereocenters. The van der Waals surface area contributed by atoms with Crippen LogP contribution in [-0.4, -0.2) is 34.9 Å². The zero-order chi connectivity index (χ0) is 12.8. The highest BCUT2D eigenvalue weighted by atomic mass is 16.5. The van der Waals surface area contributed by atoms with Crippen molar-refractivity contribution in [2.24, 2.45) is 0 Å². The largest absolute Gasteiger partial charge is 0.395 e. The summed E-state index contributed by atoms with van der Waals surface area (Å²) in [6, 6.07) is 11.9. The molecule has 2 aromatic rings. The van der Waals surface area contributed by atoms with Gasteiger partial charge in [-0.05, 0) is 6.54 Å². The van der Waals surface area contributed by atoms with Gasteiger partial charge in [0, 0.05) is 24.7 Å². The summed E-state index contributed by atoms with van der Waals surface area (Å²) in [6.07, 6.45) is 0. The number of hydrogen-bond donors (Lipinski definition) is 1. The molecule has 0 saturated carbocycles. The average Bonchev–Trinajstić information content (AvgIpc) is 2.88. The molecule has 0 saturated heterocycles. The highest BCUT2D eigenvalue weighted by molar-refractivity contribution is 5.56. The quantitative estimate of drug-likeness (QED) is 0.848. The Bertz CT molecular complexity index is 468. The normalized spacial score (nSPS) is 11.1. The first-order valence-electron chi connectivity index (χ1n) is 6.17. The maximum absolute atomic E-state index is 8.94. The van der Waals surface area contributed by atoms with E-state index in [2.05, 4.69) is 17.0 Å².